The first-order valence-electron chi connectivity index (χ1n) is 10.0. The number of nitrogens with one attached hydrogen (secondary N) is 2. The van der Waals surface area contributed by atoms with Crippen LogP contribution in [0.2, 0.25) is 0 Å². The van der Waals surface area contributed by atoms with Gasteiger partial charge in [0.05, 0.1) is 13.2 Å². The van der Waals surface area contributed by atoms with E-state index in [-0.39, 0.29) is 11.9 Å². The minimum Gasteiger partial charge on any atom is -0.497 e. The number of carbonyl (C=O) groups excluding carboxylic acids is 1. The fourth-order valence-corrected chi connectivity index (χ4v) is 4.52. The Labute approximate surface area is 180 Å². The average molecular weight is 424 g/mol. The largest absolute Gasteiger partial charge is 0.497 e. The highest BCUT2D eigenvalue weighted by atomic mass is 32.2. The molecule has 2 heterocycles. The Bertz CT molecular complexity index is 1020. The molecule has 0 bridgehead atoms. The summed E-state index contributed by atoms with van der Waals surface area (Å²) >= 11 is 1.42. The van der Waals surface area contributed by atoms with Crippen LogP contribution in [0.25, 0.3) is 0 Å². The molecule has 0 spiro atoms. The zero-order chi connectivity index (χ0) is 21.1. The molecule has 3 aromatic rings. The third kappa shape index (κ3) is 4.00. The fourth-order valence-electron chi connectivity index (χ4n) is 3.43. The van der Waals surface area contributed by atoms with E-state index in [0.717, 1.165) is 35.7 Å². The molecule has 2 atom stereocenters. The van der Waals surface area contributed by atoms with E-state index in [2.05, 4.69) is 27.9 Å². The lowest BCUT2D eigenvalue weighted by Crippen LogP contribution is -2.41. The first kappa shape index (κ1) is 20.3. The molecular formula is C22H25N5O2S. The van der Waals surface area contributed by atoms with Gasteiger partial charge in [-0.25, -0.2) is 4.68 Å². The van der Waals surface area contributed by atoms with Crippen molar-refractivity contribution >= 4 is 23.4 Å². The van der Waals surface area contributed by atoms with E-state index in [1.54, 1.807) is 7.11 Å². The van der Waals surface area contributed by atoms with Crippen molar-refractivity contribution in [3.63, 3.8) is 0 Å². The van der Waals surface area contributed by atoms with Crippen molar-refractivity contribution in [1.29, 1.82) is 0 Å². The molecule has 0 saturated heterocycles. The van der Waals surface area contributed by atoms with Crippen molar-refractivity contribution in [3.05, 3.63) is 65.5 Å². The molecule has 2 N–H and O–H groups in total. The van der Waals surface area contributed by atoms with Gasteiger partial charge in [0.15, 0.2) is 5.82 Å². The summed E-state index contributed by atoms with van der Waals surface area (Å²) < 4.78 is 7.17. The number of hydrogen-bond donors (Lipinski definition) is 2. The standard InChI is InChI=1S/C22H25N5O2S/c1-4-14-6-10-16(11-7-14)23-21(28)20-19(15-8-12-17(29-3)13-9-15)26-27-18(5-2)24-25-22(27)30-20/h6-13,19-20,26H,4-5H2,1-3H3,(H,23,28)/t19-,20-/m1/s1. The lowest BCUT2D eigenvalue weighted by atomic mass is 10.0. The molecule has 0 aliphatic carbocycles. The van der Waals surface area contributed by atoms with Gasteiger partial charge in [-0.2, -0.15) is 0 Å². The number of amides is 1. The van der Waals surface area contributed by atoms with Gasteiger partial charge in [-0.3, -0.25) is 4.79 Å². The number of fused-ring (bicyclic) bond motifs is 1. The summed E-state index contributed by atoms with van der Waals surface area (Å²) in [5.74, 6) is 1.54. The maximum absolute atomic E-state index is 13.3. The highest BCUT2D eigenvalue weighted by Gasteiger charge is 2.37. The molecule has 0 fully saturated rings. The van der Waals surface area contributed by atoms with Crippen LogP contribution in [0, 0.1) is 0 Å². The van der Waals surface area contributed by atoms with Gasteiger partial charge in [-0.15, -0.1) is 10.2 Å². The first-order valence-corrected chi connectivity index (χ1v) is 10.9. The number of hydrogen-bond acceptors (Lipinski definition) is 6. The zero-order valence-corrected chi connectivity index (χ0v) is 18.1. The van der Waals surface area contributed by atoms with E-state index in [4.69, 9.17) is 4.74 Å². The van der Waals surface area contributed by atoms with E-state index in [1.165, 1.54) is 17.3 Å². The second-order valence-corrected chi connectivity index (χ2v) is 8.15. The molecule has 8 heteroatoms. The maximum atomic E-state index is 13.3. The van der Waals surface area contributed by atoms with E-state index >= 15 is 0 Å². The van der Waals surface area contributed by atoms with Crippen LogP contribution in [0.15, 0.2) is 53.7 Å². The molecule has 30 heavy (non-hydrogen) atoms. The SMILES string of the molecule is CCc1ccc(NC(=O)[C@@H]2Sc3nnc(CC)n3N[C@@H]2c2ccc(OC)cc2)cc1. The van der Waals surface area contributed by atoms with Gasteiger partial charge in [0.1, 0.15) is 11.0 Å². The summed E-state index contributed by atoms with van der Waals surface area (Å²) in [6, 6.07) is 15.5. The Kier molecular flexibility index (Phi) is 5.94. The highest BCUT2D eigenvalue weighted by Crippen LogP contribution is 2.38. The maximum Gasteiger partial charge on any atom is 0.240 e. The van der Waals surface area contributed by atoms with Crippen LogP contribution in [0.4, 0.5) is 5.69 Å². The number of carbonyl (C=O) groups is 1. The van der Waals surface area contributed by atoms with Crippen molar-refractivity contribution in [1.82, 2.24) is 14.9 Å². The van der Waals surface area contributed by atoms with Crippen LogP contribution in [-0.4, -0.2) is 33.1 Å². The van der Waals surface area contributed by atoms with Crippen molar-refractivity contribution in [2.45, 2.75) is 43.1 Å². The van der Waals surface area contributed by atoms with Gasteiger partial charge >= 0.3 is 0 Å². The Hall–Kier alpha value is -3.00. The van der Waals surface area contributed by atoms with Crippen molar-refractivity contribution in [3.8, 4) is 5.75 Å². The third-order valence-electron chi connectivity index (χ3n) is 5.18. The lowest BCUT2D eigenvalue weighted by Gasteiger charge is -2.33. The molecule has 0 radical (unpaired) electrons. The number of benzene rings is 2. The van der Waals surface area contributed by atoms with Crippen LogP contribution in [0.1, 0.15) is 36.8 Å². The summed E-state index contributed by atoms with van der Waals surface area (Å²) in [5, 5.41) is 11.8. The lowest BCUT2D eigenvalue weighted by molar-refractivity contribution is -0.116. The highest BCUT2D eigenvalue weighted by molar-refractivity contribution is 8.00. The van der Waals surface area contributed by atoms with Gasteiger partial charge in [-0.05, 0) is 41.8 Å². The van der Waals surface area contributed by atoms with Gasteiger partial charge < -0.3 is 15.5 Å². The smallest absolute Gasteiger partial charge is 0.240 e. The van der Waals surface area contributed by atoms with E-state index in [9.17, 15) is 4.79 Å². The van der Waals surface area contributed by atoms with Crippen molar-refractivity contribution in [2.24, 2.45) is 0 Å². The monoisotopic (exact) mass is 423 g/mol. The summed E-state index contributed by atoms with van der Waals surface area (Å²) in [7, 11) is 1.64. The Morgan fingerprint density at radius 3 is 2.47 bits per heavy atom. The molecule has 2 aromatic carbocycles. The molecule has 7 nitrogen and oxygen atoms in total. The molecule has 0 saturated carbocycles. The summed E-state index contributed by atoms with van der Waals surface area (Å²) in [6.45, 7) is 4.14. The van der Waals surface area contributed by atoms with Crippen LogP contribution in [0.3, 0.4) is 0 Å². The number of aromatic nitrogens is 3. The Balaban J connectivity index is 1.63. The number of ether oxygens (including phenoxy) is 1. The predicted molar refractivity (Wildman–Crippen MR) is 119 cm³/mol. The quantitative estimate of drug-likeness (QED) is 0.628. The Morgan fingerprint density at radius 2 is 1.83 bits per heavy atom. The normalized spacial score (nSPS) is 17.7. The third-order valence-corrected chi connectivity index (χ3v) is 6.40. The summed E-state index contributed by atoms with van der Waals surface area (Å²) in [4.78, 5) is 13.3. The molecule has 4 rings (SSSR count). The van der Waals surface area contributed by atoms with Crippen LogP contribution in [0.5, 0.6) is 5.75 Å². The fraction of sp³-hybridized carbons (Fsp3) is 0.318. The zero-order valence-electron chi connectivity index (χ0n) is 17.3. The van der Waals surface area contributed by atoms with Gasteiger partial charge in [0.2, 0.25) is 11.1 Å². The van der Waals surface area contributed by atoms with E-state index < -0.39 is 5.25 Å². The number of methoxy groups -OCH3 is 1. The van der Waals surface area contributed by atoms with Gasteiger partial charge in [-0.1, -0.05) is 49.9 Å². The number of aryl methyl sites for hydroxylation is 2. The molecule has 1 amide bonds. The molecule has 0 unspecified atom stereocenters. The van der Waals surface area contributed by atoms with E-state index in [1.807, 2.05) is 60.1 Å². The number of nitrogens with zero attached hydrogens (tertiary/aromatic N) is 3. The van der Waals surface area contributed by atoms with Crippen LogP contribution in [-0.2, 0) is 17.6 Å². The number of anilines is 1. The molecule has 1 aliphatic rings. The minimum absolute atomic E-state index is 0.0788. The molecular weight excluding hydrogens is 398 g/mol. The average Bonchev–Trinajstić information content (AvgIpc) is 3.21. The second-order valence-electron chi connectivity index (χ2n) is 7.05. The van der Waals surface area contributed by atoms with Crippen LogP contribution >= 0.6 is 11.8 Å². The van der Waals surface area contributed by atoms with Gasteiger partial charge in [0, 0.05) is 12.1 Å². The number of thioether (sulfide) groups is 1. The van der Waals surface area contributed by atoms with Crippen molar-refractivity contribution in [2.75, 3.05) is 17.9 Å². The molecule has 1 aliphatic heterocycles. The summed E-state index contributed by atoms with van der Waals surface area (Å²) in [6.07, 6.45) is 1.71. The predicted octanol–water partition coefficient (Wildman–Crippen LogP) is 3.81. The Morgan fingerprint density at radius 1 is 1.10 bits per heavy atom. The molecule has 156 valence electrons. The second kappa shape index (κ2) is 8.79. The summed E-state index contributed by atoms with van der Waals surface area (Å²) in [5.41, 5.74) is 6.47. The van der Waals surface area contributed by atoms with Gasteiger partial charge in [0.25, 0.3) is 0 Å². The van der Waals surface area contributed by atoms with Crippen molar-refractivity contribution < 1.29 is 9.53 Å². The van der Waals surface area contributed by atoms with Crippen LogP contribution < -0.4 is 15.5 Å². The molecule has 1 aromatic heterocycles. The minimum atomic E-state index is -0.411. The first-order chi connectivity index (χ1) is 14.6. The van der Waals surface area contributed by atoms with E-state index in [0.29, 0.717) is 5.16 Å². The number of rotatable bonds is 6. The topological polar surface area (TPSA) is 81.1 Å².